The molecule has 0 aromatic carbocycles. The number of carboxylic acids is 1. The van der Waals surface area contributed by atoms with Crippen molar-refractivity contribution in [1.82, 2.24) is 0 Å². The van der Waals surface area contributed by atoms with Gasteiger partial charge in [0.15, 0.2) is 0 Å². The molecule has 0 saturated carbocycles. The van der Waals surface area contributed by atoms with Gasteiger partial charge >= 0.3 is 5.97 Å². The summed E-state index contributed by atoms with van der Waals surface area (Å²) in [5, 5.41) is 15.6. The van der Waals surface area contributed by atoms with Gasteiger partial charge in [-0.15, -0.1) is 0 Å². The Bertz CT molecular complexity index is 51.6. The highest BCUT2D eigenvalue weighted by Gasteiger charge is 1.88. The van der Waals surface area contributed by atoms with E-state index in [9.17, 15) is 4.79 Å². The molecule has 0 heterocycles. The van der Waals surface area contributed by atoms with E-state index in [0.717, 1.165) is 0 Å². The SMILES string of the molecule is CC.O=C(O)CCO. The molecule has 0 aliphatic carbocycles. The number of rotatable bonds is 2. The summed E-state index contributed by atoms with van der Waals surface area (Å²) in [5.41, 5.74) is 0. The zero-order valence-electron chi connectivity index (χ0n) is 5.22. The molecular weight excluding hydrogens is 108 g/mol. The quantitative estimate of drug-likeness (QED) is 0.557. The van der Waals surface area contributed by atoms with Crippen LogP contribution in [0.15, 0.2) is 0 Å². The largest absolute Gasteiger partial charge is 0.481 e. The maximum atomic E-state index is 9.44. The van der Waals surface area contributed by atoms with E-state index in [-0.39, 0.29) is 13.0 Å². The summed E-state index contributed by atoms with van der Waals surface area (Å²) in [6, 6.07) is 0. The molecule has 0 aliphatic heterocycles. The van der Waals surface area contributed by atoms with Crippen molar-refractivity contribution in [3.63, 3.8) is 0 Å². The van der Waals surface area contributed by atoms with E-state index in [4.69, 9.17) is 10.2 Å². The Balaban J connectivity index is 0. The van der Waals surface area contributed by atoms with Crippen molar-refractivity contribution < 1.29 is 15.0 Å². The average molecular weight is 120 g/mol. The van der Waals surface area contributed by atoms with Gasteiger partial charge in [0.2, 0.25) is 0 Å². The fourth-order valence-electron chi connectivity index (χ4n) is 0.0956. The lowest BCUT2D eigenvalue weighted by atomic mass is 10.5. The molecular formula is C5H12O3. The summed E-state index contributed by atoms with van der Waals surface area (Å²) in [7, 11) is 0. The summed E-state index contributed by atoms with van der Waals surface area (Å²) in [6.07, 6.45) is -0.153. The molecule has 0 bridgehead atoms. The molecule has 0 amide bonds. The van der Waals surface area contributed by atoms with Crippen molar-refractivity contribution in [2.24, 2.45) is 0 Å². The first-order valence-electron chi connectivity index (χ1n) is 2.60. The second-order valence-corrected chi connectivity index (χ2v) is 0.867. The molecule has 50 valence electrons. The summed E-state index contributed by atoms with van der Waals surface area (Å²) in [5.74, 6) is -0.961. The maximum absolute atomic E-state index is 9.44. The highest BCUT2D eigenvalue weighted by molar-refractivity contribution is 5.66. The van der Waals surface area contributed by atoms with Crippen LogP contribution < -0.4 is 0 Å². The first-order valence-corrected chi connectivity index (χ1v) is 2.60. The Kier molecular flexibility index (Phi) is 12.6. The van der Waals surface area contributed by atoms with Crippen molar-refractivity contribution in [2.45, 2.75) is 20.3 Å². The molecule has 0 spiro atoms. The van der Waals surface area contributed by atoms with Gasteiger partial charge in [0.1, 0.15) is 0 Å². The molecule has 0 radical (unpaired) electrons. The zero-order valence-corrected chi connectivity index (χ0v) is 5.22. The molecule has 0 fully saturated rings. The van der Waals surface area contributed by atoms with Gasteiger partial charge in [0.05, 0.1) is 13.0 Å². The van der Waals surface area contributed by atoms with Gasteiger partial charge in [-0.2, -0.15) is 0 Å². The van der Waals surface area contributed by atoms with Crippen molar-refractivity contribution in [3.8, 4) is 0 Å². The van der Waals surface area contributed by atoms with Gasteiger partial charge < -0.3 is 10.2 Å². The Labute approximate surface area is 49.0 Å². The minimum Gasteiger partial charge on any atom is -0.481 e. The van der Waals surface area contributed by atoms with Gasteiger partial charge in [-0.1, -0.05) is 13.8 Å². The Morgan fingerprint density at radius 1 is 1.50 bits per heavy atom. The van der Waals surface area contributed by atoms with Gasteiger partial charge in [0.25, 0.3) is 0 Å². The molecule has 0 unspecified atom stereocenters. The van der Waals surface area contributed by atoms with E-state index in [1.807, 2.05) is 13.8 Å². The van der Waals surface area contributed by atoms with Crippen LogP contribution in [0.1, 0.15) is 20.3 Å². The summed E-state index contributed by atoms with van der Waals surface area (Å²) < 4.78 is 0. The van der Waals surface area contributed by atoms with E-state index < -0.39 is 5.97 Å². The number of hydrogen-bond donors (Lipinski definition) is 2. The molecule has 0 aromatic heterocycles. The van der Waals surface area contributed by atoms with Crippen LogP contribution in [0.2, 0.25) is 0 Å². The van der Waals surface area contributed by atoms with Crippen LogP contribution in [-0.4, -0.2) is 22.8 Å². The third-order valence-electron chi connectivity index (χ3n) is 0.326. The second-order valence-electron chi connectivity index (χ2n) is 0.867. The topological polar surface area (TPSA) is 57.5 Å². The van der Waals surface area contributed by atoms with E-state index in [0.29, 0.717) is 0 Å². The first-order chi connectivity index (χ1) is 3.77. The molecule has 0 rings (SSSR count). The predicted octanol–water partition coefficient (Wildman–Crippen LogP) is 0.480. The predicted molar refractivity (Wildman–Crippen MR) is 30.7 cm³/mol. The summed E-state index contributed by atoms with van der Waals surface area (Å²) >= 11 is 0. The lowest BCUT2D eigenvalue weighted by molar-refractivity contribution is -0.137. The normalized spacial score (nSPS) is 6.88. The number of hydrogen-bond acceptors (Lipinski definition) is 2. The lowest BCUT2D eigenvalue weighted by Crippen LogP contribution is -1.96. The van der Waals surface area contributed by atoms with Gasteiger partial charge in [0, 0.05) is 0 Å². The molecule has 0 atom stereocenters. The fourth-order valence-corrected chi connectivity index (χ4v) is 0.0956. The van der Waals surface area contributed by atoms with E-state index in [1.165, 1.54) is 0 Å². The van der Waals surface area contributed by atoms with E-state index in [1.54, 1.807) is 0 Å². The van der Waals surface area contributed by atoms with Crippen LogP contribution in [0.4, 0.5) is 0 Å². The van der Waals surface area contributed by atoms with Crippen molar-refractivity contribution in [3.05, 3.63) is 0 Å². The molecule has 0 aliphatic rings. The number of aliphatic hydroxyl groups excluding tert-OH is 1. The van der Waals surface area contributed by atoms with Crippen LogP contribution in [0, 0.1) is 0 Å². The van der Waals surface area contributed by atoms with Gasteiger partial charge in [-0.05, 0) is 0 Å². The maximum Gasteiger partial charge on any atom is 0.305 e. The molecule has 3 heteroatoms. The molecule has 0 saturated heterocycles. The Morgan fingerprint density at radius 2 is 1.88 bits per heavy atom. The van der Waals surface area contributed by atoms with Crippen LogP contribution in [0.25, 0.3) is 0 Å². The van der Waals surface area contributed by atoms with Crippen molar-refractivity contribution in [2.75, 3.05) is 6.61 Å². The zero-order chi connectivity index (χ0) is 6.99. The molecule has 2 N–H and O–H groups in total. The minimum atomic E-state index is -0.961. The molecule has 0 aromatic rings. The van der Waals surface area contributed by atoms with Crippen LogP contribution in [0.3, 0.4) is 0 Å². The standard InChI is InChI=1S/C3H6O3.C2H6/c4-2-1-3(5)6;1-2/h4H,1-2H2,(H,5,6);1-2H3. The number of carboxylic acid groups (broad SMARTS) is 1. The van der Waals surface area contributed by atoms with E-state index >= 15 is 0 Å². The Hall–Kier alpha value is -0.570. The Morgan fingerprint density at radius 3 is 1.88 bits per heavy atom. The smallest absolute Gasteiger partial charge is 0.305 e. The van der Waals surface area contributed by atoms with Crippen molar-refractivity contribution in [1.29, 1.82) is 0 Å². The third kappa shape index (κ3) is 18.0. The summed E-state index contributed by atoms with van der Waals surface area (Å²) in [4.78, 5) is 9.44. The minimum absolute atomic E-state index is 0.153. The molecule has 3 nitrogen and oxygen atoms in total. The second kappa shape index (κ2) is 9.66. The average Bonchev–Trinajstić information content (AvgIpc) is 1.72. The highest BCUT2D eigenvalue weighted by Crippen LogP contribution is 1.70. The van der Waals surface area contributed by atoms with Crippen LogP contribution >= 0.6 is 0 Å². The van der Waals surface area contributed by atoms with Gasteiger partial charge in [-0.3, -0.25) is 4.79 Å². The van der Waals surface area contributed by atoms with E-state index in [2.05, 4.69) is 0 Å². The number of aliphatic hydroxyl groups is 1. The number of aliphatic carboxylic acids is 1. The molecule has 8 heavy (non-hydrogen) atoms. The van der Waals surface area contributed by atoms with Crippen LogP contribution in [-0.2, 0) is 4.79 Å². The van der Waals surface area contributed by atoms with Crippen LogP contribution in [0.5, 0.6) is 0 Å². The van der Waals surface area contributed by atoms with Crippen molar-refractivity contribution >= 4 is 5.97 Å². The van der Waals surface area contributed by atoms with Gasteiger partial charge in [-0.25, -0.2) is 0 Å². The lowest BCUT2D eigenvalue weighted by Gasteiger charge is -1.79. The first kappa shape index (κ1) is 10.4. The monoisotopic (exact) mass is 120 g/mol. The highest BCUT2D eigenvalue weighted by atomic mass is 16.4. The fraction of sp³-hybridized carbons (Fsp3) is 0.800. The number of carbonyl (C=O) groups is 1. The summed E-state index contributed by atoms with van der Waals surface area (Å²) in [6.45, 7) is 3.73. The third-order valence-corrected chi connectivity index (χ3v) is 0.326.